The van der Waals surface area contributed by atoms with Gasteiger partial charge in [-0.05, 0) is 42.5 Å². The van der Waals surface area contributed by atoms with E-state index in [9.17, 15) is 18.4 Å². The van der Waals surface area contributed by atoms with Crippen LogP contribution in [0.3, 0.4) is 0 Å². The van der Waals surface area contributed by atoms with Crippen LogP contribution in [0.1, 0.15) is 10.4 Å². The number of anilines is 1. The molecule has 0 aliphatic heterocycles. The predicted molar refractivity (Wildman–Crippen MR) is 133 cm³/mol. The van der Waals surface area contributed by atoms with Crippen molar-refractivity contribution in [3.63, 3.8) is 0 Å². The molecule has 0 saturated heterocycles. The molecule has 0 fully saturated rings. The molecule has 6 nitrogen and oxygen atoms in total. The fourth-order valence-corrected chi connectivity index (χ4v) is 4.51. The molecule has 9 heteroatoms. The number of fused-ring (bicyclic) bond motifs is 1. The Morgan fingerprint density at radius 3 is 2.40 bits per heavy atom. The summed E-state index contributed by atoms with van der Waals surface area (Å²) in [5.74, 6) is -1.83. The first-order chi connectivity index (χ1) is 17.0. The minimum Gasteiger partial charge on any atom is -0.497 e. The summed E-state index contributed by atoms with van der Waals surface area (Å²) in [5.41, 5.74) is 1.02. The predicted octanol–water partition coefficient (Wildman–Crippen LogP) is 5.09. The molecule has 0 aliphatic carbocycles. The summed E-state index contributed by atoms with van der Waals surface area (Å²) in [4.78, 5) is 25.6. The first-order valence-electron chi connectivity index (χ1n) is 10.8. The standard InChI is InChI=1S/C26H23F2N3O3S/c1-34-18-11-9-17(10-12-18)30-24(32)16-35-23-15-31(22-8-3-2-5-19(22)23)14-13-29-26(33)25-20(27)6-4-7-21(25)28/h2-12,15H,13-14,16H2,1H3,(H,29,33)(H,30,32). The van der Waals surface area contributed by atoms with Gasteiger partial charge >= 0.3 is 0 Å². The van der Waals surface area contributed by atoms with E-state index in [0.29, 0.717) is 18.0 Å². The number of thioether (sulfide) groups is 1. The summed E-state index contributed by atoms with van der Waals surface area (Å²) in [6.45, 7) is 0.564. The van der Waals surface area contributed by atoms with Gasteiger partial charge in [-0.2, -0.15) is 0 Å². The van der Waals surface area contributed by atoms with Crippen LogP contribution < -0.4 is 15.4 Å². The summed E-state index contributed by atoms with van der Waals surface area (Å²) in [5, 5.41) is 6.40. The fraction of sp³-hybridized carbons (Fsp3) is 0.154. The highest BCUT2D eigenvalue weighted by Crippen LogP contribution is 2.30. The Hall–Kier alpha value is -3.85. The largest absolute Gasteiger partial charge is 0.497 e. The van der Waals surface area contributed by atoms with Gasteiger partial charge in [-0.15, -0.1) is 11.8 Å². The lowest BCUT2D eigenvalue weighted by Gasteiger charge is -2.09. The number of hydrogen-bond donors (Lipinski definition) is 2. The Kier molecular flexibility index (Phi) is 7.67. The van der Waals surface area contributed by atoms with Crippen molar-refractivity contribution in [2.45, 2.75) is 11.4 Å². The van der Waals surface area contributed by atoms with Crippen LogP contribution >= 0.6 is 11.8 Å². The molecule has 2 amide bonds. The third-order valence-electron chi connectivity index (χ3n) is 5.31. The van der Waals surface area contributed by atoms with Gasteiger partial charge in [0.15, 0.2) is 0 Å². The molecule has 2 N–H and O–H groups in total. The second kappa shape index (κ2) is 11.1. The topological polar surface area (TPSA) is 72.4 Å². The van der Waals surface area contributed by atoms with Crippen LogP contribution in [0.25, 0.3) is 10.9 Å². The Bertz CT molecular complexity index is 1340. The van der Waals surface area contributed by atoms with E-state index in [1.54, 1.807) is 31.4 Å². The second-order valence-electron chi connectivity index (χ2n) is 7.62. The van der Waals surface area contributed by atoms with E-state index >= 15 is 0 Å². The molecule has 0 radical (unpaired) electrons. The van der Waals surface area contributed by atoms with Gasteiger partial charge in [0.2, 0.25) is 5.91 Å². The Labute approximate surface area is 205 Å². The quantitative estimate of drug-likeness (QED) is 0.318. The SMILES string of the molecule is COc1ccc(NC(=O)CSc2cn(CCNC(=O)c3c(F)cccc3F)c3ccccc23)cc1. The van der Waals surface area contributed by atoms with E-state index in [2.05, 4.69) is 10.6 Å². The number of hydrogen-bond acceptors (Lipinski definition) is 4. The molecule has 180 valence electrons. The van der Waals surface area contributed by atoms with Crippen LogP contribution in [-0.2, 0) is 11.3 Å². The molecule has 35 heavy (non-hydrogen) atoms. The third-order valence-corrected chi connectivity index (χ3v) is 6.36. The number of nitrogens with zero attached hydrogens (tertiary/aromatic N) is 1. The van der Waals surface area contributed by atoms with Crippen molar-refractivity contribution >= 4 is 40.2 Å². The summed E-state index contributed by atoms with van der Waals surface area (Å²) in [6, 6.07) is 18.1. The van der Waals surface area contributed by atoms with E-state index in [-0.39, 0.29) is 18.2 Å². The normalized spacial score (nSPS) is 10.8. The van der Waals surface area contributed by atoms with E-state index in [4.69, 9.17) is 4.74 Å². The smallest absolute Gasteiger partial charge is 0.257 e. The summed E-state index contributed by atoms with van der Waals surface area (Å²) >= 11 is 1.40. The van der Waals surface area contributed by atoms with Crippen molar-refractivity contribution in [2.75, 3.05) is 24.7 Å². The number of methoxy groups -OCH3 is 1. The number of nitrogens with one attached hydrogen (secondary N) is 2. The highest BCUT2D eigenvalue weighted by molar-refractivity contribution is 8.00. The van der Waals surface area contributed by atoms with Crippen LogP contribution in [-0.4, -0.2) is 35.8 Å². The monoisotopic (exact) mass is 495 g/mol. The lowest BCUT2D eigenvalue weighted by Crippen LogP contribution is -2.28. The van der Waals surface area contributed by atoms with Gasteiger partial charge in [-0.3, -0.25) is 9.59 Å². The van der Waals surface area contributed by atoms with Gasteiger partial charge in [-0.25, -0.2) is 8.78 Å². The van der Waals surface area contributed by atoms with E-state index in [0.717, 1.165) is 27.9 Å². The van der Waals surface area contributed by atoms with Gasteiger partial charge in [0.1, 0.15) is 22.9 Å². The first kappa shape index (κ1) is 24.3. The molecule has 4 aromatic rings. The van der Waals surface area contributed by atoms with Gasteiger partial charge in [0.25, 0.3) is 5.91 Å². The third kappa shape index (κ3) is 5.81. The maximum Gasteiger partial charge on any atom is 0.257 e. The van der Waals surface area contributed by atoms with Crippen LogP contribution in [0.2, 0.25) is 0 Å². The number of aromatic nitrogens is 1. The Balaban J connectivity index is 1.38. The number of benzene rings is 3. The lowest BCUT2D eigenvalue weighted by molar-refractivity contribution is -0.113. The summed E-state index contributed by atoms with van der Waals surface area (Å²) in [6.07, 6.45) is 1.91. The fourth-order valence-electron chi connectivity index (χ4n) is 3.62. The number of carbonyl (C=O) groups is 2. The van der Waals surface area contributed by atoms with Crippen molar-refractivity contribution in [3.05, 3.63) is 90.1 Å². The van der Waals surface area contributed by atoms with E-state index in [1.807, 2.05) is 35.0 Å². The van der Waals surface area contributed by atoms with Crippen LogP contribution in [0.15, 0.2) is 77.8 Å². The van der Waals surface area contributed by atoms with Crippen molar-refractivity contribution in [3.8, 4) is 5.75 Å². The molecule has 0 bridgehead atoms. The molecule has 0 aliphatic rings. The summed E-state index contributed by atoms with van der Waals surface area (Å²) in [7, 11) is 1.58. The zero-order valence-corrected chi connectivity index (χ0v) is 19.7. The van der Waals surface area contributed by atoms with Crippen molar-refractivity contribution in [2.24, 2.45) is 0 Å². The maximum atomic E-state index is 13.8. The molecule has 0 spiro atoms. The number of ether oxygens (including phenoxy) is 1. The molecule has 0 unspecified atom stereocenters. The average Bonchev–Trinajstić information content (AvgIpc) is 3.21. The van der Waals surface area contributed by atoms with Crippen LogP contribution in [0, 0.1) is 11.6 Å². The minimum atomic E-state index is -0.902. The number of amides is 2. The molecular formula is C26H23F2N3O3S. The molecule has 1 aromatic heterocycles. The molecular weight excluding hydrogens is 472 g/mol. The van der Waals surface area contributed by atoms with Crippen molar-refractivity contribution < 1.29 is 23.1 Å². The van der Waals surface area contributed by atoms with Crippen LogP contribution in [0.5, 0.6) is 5.75 Å². The molecule has 3 aromatic carbocycles. The first-order valence-corrected chi connectivity index (χ1v) is 11.8. The van der Waals surface area contributed by atoms with Crippen molar-refractivity contribution in [1.29, 1.82) is 0 Å². The van der Waals surface area contributed by atoms with Crippen LogP contribution in [0.4, 0.5) is 14.5 Å². The highest BCUT2D eigenvalue weighted by atomic mass is 32.2. The van der Waals surface area contributed by atoms with E-state index < -0.39 is 23.1 Å². The maximum absolute atomic E-state index is 13.8. The average molecular weight is 496 g/mol. The van der Waals surface area contributed by atoms with Gasteiger partial charge in [-0.1, -0.05) is 24.3 Å². The lowest BCUT2D eigenvalue weighted by atomic mass is 10.2. The van der Waals surface area contributed by atoms with Gasteiger partial charge in [0.05, 0.1) is 12.9 Å². The number of rotatable bonds is 9. The Morgan fingerprint density at radius 1 is 0.971 bits per heavy atom. The molecule has 0 atom stereocenters. The van der Waals surface area contributed by atoms with Gasteiger partial charge < -0.3 is 19.9 Å². The minimum absolute atomic E-state index is 0.142. The van der Waals surface area contributed by atoms with Crippen molar-refractivity contribution in [1.82, 2.24) is 9.88 Å². The molecule has 1 heterocycles. The second-order valence-corrected chi connectivity index (χ2v) is 8.64. The van der Waals surface area contributed by atoms with Gasteiger partial charge in [0, 0.05) is 40.8 Å². The highest BCUT2D eigenvalue weighted by Gasteiger charge is 2.17. The Morgan fingerprint density at radius 2 is 1.69 bits per heavy atom. The number of carbonyl (C=O) groups excluding carboxylic acids is 2. The zero-order valence-electron chi connectivity index (χ0n) is 18.9. The van der Waals surface area contributed by atoms with E-state index in [1.165, 1.54) is 17.8 Å². The molecule has 4 rings (SSSR count). The number of halogens is 2. The molecule has 0 saturated carbocycles. The zero-order chi connectivity index (χ0) is 24.8. The number of para-hydroxylation sites is 1. The summed E-state index contributed by atoms with van der Waals surface area (Å²) < 4.78 is 34.7.